The molecule has 0 atom stereocenters. The molecule has 0 saturated carbocycles. The van der Waals surface area contributed by atoms with Crippen LogP contribution in [0.4, 0.5) is 0 Å². The number of sulfonamides is 1. The van der Waals surface area contributed by atoms with Crippen molar-refractivity contribution in [2.24, 2.45) is 0 Å². The Morgan fingerprint density at radius 1 is 1.38 bits per heavy atom. The van der Waals surface area contributed by atoms with Crippen molar-refractivity contribution in [2.45, 2.75) is 26.2 Å². The van der Waals surface area contributed by atoms with Gasteiger partial charge in [-0.3, -0.25) is 0 Å². The van der Waals surface area contributed by atoms with Crippen molar-refractivity contribution in [3.05, 3.63) is 0 Å². The first-order valence-corrected chi connectivity index (χ1v) is 5.96. The Labute approximate surface area is 80.2 Å². The van der Waals surface area contributed by atoms with Crippen molar-refractivity contribution in [2.75, 3.05) is 19.3 Å². The molecule has 0 aliphatic rings. The van der Waals surface area contributed by atoms with Crippen LogP contribution in [-0.4, -0.2) is 32.1 Å². The molecule has 0 unspecified atom stereocenters. The van der Waals surface area contributed by atoms with Crippen LogP contribution in [0.5, 0.6) is 0 Å². The molecule has 0 fully saturated rings. The molecule has 0 bridgehead atoms. The van der Waals surface area contributed by atoms with Crippen LogP contribution in [0.3, 0.4) is 0 Å². The molecule has 0 aromatic heterocycles. The lowest BCUT2D eigenvalue weighted by molar-refractivity contribution is 0.457. The highest BCUT2D eigenvalue weighted by molar-refractivity contribution is 7.89. The van der Waals surface area contributed by atoms with E-state index >= 15 is 0 Å². The smallest absolute Gasteiger partial charge is 0.211 e. The van der Waals surface area contributed by atoms with Crippen LogP contribution in [0.15, 0.2) is 0 Å². The third-order valence-corrected chi connectivity index (χ3v) is 3.42. The monoisotopic (exact) mass is 204 g/mol. The Kier molecular flexibility index (Phi) is 5.67. The molecule has 0 aliphatic heterocycles. The minimum Gasteiger partial charge on any atom is -0.211 e. The van der Waals surface area contributed by atoms with E-state index in [1.807, 2.05) is 0 Å². The lowest BCUT2D eigenvalue weighted by Gasteiger charge is -2.14. The lowest BCUT2D eigenvalue weighted by atomic mass is 10.2. The van der Waals surface area contributed by atoms with Crippen molar-refractivity contribution < 1.29 is 8.42 Å². The molecule has 13 heavy (non-hydrogen) atoms. The van der Waals surface area contributed by atoms with Crippen LogP contribution in [0.2, 0.25) is 0 Å². The molecule has 0 radical (unpaired) electrons. The Morgan fingerprint density at radius 2 is 2.00 bits per heavy atom. The van der Waals surface area contributed by atoms with Crippen molar-refractivity contribution in [1.82, 2.24) is 4.31 Å². The van der Waals surface area contributed by atoms with Gasteiger partial charge in [0.25, 0.3) is 0 Å². The molecular weight excluding hydrogens is 188 g/mol. The molecule has 0 N–H and O–H groups in total. The second kappa shape index (κ2) is 5.95. The zero-order valence-corrected chi connectivity index (χ0v) is 8.97. The van der Waals surface area contributed by atoms with Crippen molar-refractivity contribution in [1.29, 1.82) is 5.26 Å². The van der Waals surface area contributed by atoms with Gasteiger partial charge in [-0.2, -0.15) is 5.26 Å². The van der Waals surface area contributed by atoms with Gasteiger partial charge in [-0.1, -0.05) is 19.8 Å². The van der Waals surface area contributed by atoms with Crippen molar-refractivity contribution in [3.8, 4) is 6.07 Å². The van der Waals surface area contributed by atoms with Gasteiger partial charge in [0.2, 0.25) is 10.0 Å². The Hall–Kier alpha value is -0.600. The largest absolute Gasteiger partial charge is 0.227 e. The Balaban J connectivity index is 3.97. The number of hydrogen-bond acceptors (Lipinski definition) is 3. The van der Waals surface area contributed by atoms with E-state index in [-0.39, 0.29) is 0 Å². The van der Waals surface area contributed by atoms with Crippen LogP contribution in [-0.2, 0) is 10.0 Å². The summed E-state index contributed by atoms with van der Waals surface area (Å²) in [6.07, 6.45) is 2.94. The Bertz CT molecular complexity index is 266. The standard InChI is InChI=1S/C8H16N2O2S/c1-3-4-5-7-10(2)13(11,12)8-6-9/h3-5,7-8H2,1-2H3. The molecule has 0 aromatic rings. The number of rotatable bonds is 6. The van der Waals surface area contributed by atoms with E-state index in [1.165, 1.54) is 11.4 Å². The van der Waals surface area contributed by atoms with Gasteiger partial charge in [0.05, 0.1) is 6.07 Å². The summed E-state index contributed by atoms with van der Waals surface area (Å²) in [6, 6.07) is 1.65. The quantitative estimate of drug-likeness (QED) is 0.605. The zero-order chi connectivity index (χ0) is 10.3. The van der Waals surface area contributed by atoms with E-state index < -0.39 is 15.8 Å². The van der Waals surface area contributed by atoms with Gasteiger partial charge < -0.3 is 0 Å². The average molecular weight is 204 g/mol. The van der Waals surface area contributed by atoms with Crippen molar-refractivity contribution >= 4 is 10.0 Å². The SMILES string of the molecule is CCCCCN(C)S(=O)(=O)CC#N. The fraction of sp³-hybridized carbons (Fsp3) is 0.875. The van der Waals surface area contributed by atoms with Gasteiger partial charge in [-0.15, -0.1) is 0 Å². The van der Waals surface area contributed by atoms with Gasteiger partial charge in [0, 0.05) is 13.6 Å². The molecule has 0 aromatic carbocycles. The highest BCUT2D eigenvalue weighted by atomic mass is 32.2. The van der Waals surface area contributed by atoms with E-state index in [4.69, 9.17) is 5.26 Å². The molecule has 76 valence electrons. The van der Waals surface area contributed by atoms with E-state index in [1.54, 1.807) is 6.07 Å². The van der Waals surface area contributed by atoms with E-state index in [9.17, 15) is 8.42 Å². The van der Waals surface area contributed by atoms with Crippen LogP contribution in [0.25, 0.3) is 0 Å². The summed E-state index contributed by atoms with van der Waals surface area (Å²) in [5.41, 5.74) is 0. The van der Waals surface area contributed by atoms with Crippen LogP contribution in [0, 0.1) is 11.3 Å². The third-order valence-electron chi connectivity index (χ3n) is 1.80. The molecule has 0 rings (SSSR count). The zero-order valence-electron chi connectivity index (χ0n) is 8.15. The normalized spacial score (nSPS) is 11.5. The number of hydrogen-bond donors (Lipinski definition) is 0. The first-order chi connectivity index (χ1) is 6.04. The fourth-order valence-electron chi connectivity index (χ4n) is 0.915. The maximum absolute atomic E-state index is 11.2. The van der Waals surface area contributed by atoms with Crippen LogP contribution >= 0.6 is 0 Å². The van der Waals surface area contributed by atoms with E-state index in [2.05, 4.69) is 6.92 Å². The van der Waals surface area contributed by atoms with Gasteiger partial charge in [-0.05, 0) is 6.42 Å². The first kappa shape index (κ1) is 12.4. The fourth-order valence-corrected chi connectivity index (χ4v) is 1.71. The van der Waals surface area contributed by atoms with Gasteiger partial charge in [0.15, 0.2) is 5.75 Å². The molecule has 0 saturated heterocycles. The van der Waals surface area contributed by atoms with Gasteiger partial charge in [-0.25, -0.2) is 12.7 Å². The first-order valence-electron chi connectivity index (χ1n) is 4.35. The molecule has 0 amide bonds. The molecule has 0 spiro atoms. The second-order valence-corrected chi connectivity index (χ2v) is 5.02. The van der Waals surface area contributed by atoms with Gasteiger partial charge >= 0.3 is 0 Å². The molecular formula is C8H16N2O2S. The van der Waals surface area contributed by atoms with Crippen molar-refractivity contribution in [3.63, 3.8) is 0 Å². The van der Waals surface area contributed by atoms with Crippen LogP contribution < -0.4 is 0 Å². The maximum atomic E-state index is 11.2. The predicted molar refractivity (Wildman–Crippen MR) is 51.6 cm³/mol. The number of unbranched alkanes of at least 4 members (excludes halogenated alkanes) is 2. The molecule has 0 heterocycles. The summed E-state index contributed by atoms with van der Waals surface area (Å²) in [5, 5.41) is 8.27. The summed E-state index contributed by atoms with van der Waals surface area (Å²) in [4.78, 5) is 0. The summed E-state index contributed by atoms with van der Waals surface area (Å²) >= 11 is 0. The highest BCUT2D eigenvalue weighted by Gasteiger charge is 2.15. The topological polar surface area (TPSA) is 61.2 Å². The second-order valence-electron chi connectivity index (χ2n) is 2.94. The third kappa shape index (κ3) is 4.86. The summed E-state index contributed by atoms with van der Waals surface area (Å²) in [5.74, 6) is -0.421. The van der Waals surface area contributed by atoms with Crippen LogP contribution in [0.1, 0.15) is 26.2 Å². The minimum absolute atomic E-state index is 0.421. The number of nitrogens with zero attached hydrogens (tertiary/aromatic N) is 2. The predicted octanol–water partition coefficient (Wildman–Crippen LogP) is 0.962. The Morgan fingerprint density at radius 3 is 2.46 bits per heavy atom. The van der Waals surface area contributed by atoms with E-state index in [0.29, 0.717) is 6.54 Å². The summed E-state index contributed by atoms with van der Waals surface area (Å²) in [6.45, 7) is 2.57. The number of nitriles is 1. The molecule has 0 aliphatic carbocycles. The summed E-state index contributed by atoms with van der Waals surface area (Å²) < 4.78 is 23.7. The van der Waals surface area contributed by atoms with Gasteiger partial charge in [0.1, 0.15) is 0 Å². The summed E-state index contributed by atoms with van der Waals surface area (Å²) in [7, 11) is -1.80. The molecule has 5 heteroatoms. The van der Waals surface area contributed by atoms with E-state index in [0.717, 1.165) is 19.3 Å². The highest BCUT2D eigenvalue weighted by Crippen LogP contribution is 2.01. The lowest BCUT2D eigenvalue weighted by Crippen LogP contribution is -2.29. The minimum atomic E-state index is -3.32. The molecule has 4 nitrogen and oxygen atoms in total. The average Bonchev–Trinajstić information content (AvgIpc) is 2.04. The maximum Gasteiger partial charge on any atom is 0.227 e.